The number of carbonyl (C=O) groups excluding carboxylic acids is 1. The van der Waals surface area contributed by atoms with E-state index in [4.69, 9.17) is 15.4 Å². The largest absolute Gasteiger partial charge is 0.444 e. The smallest absolute Gasteiger partial charge is 0.410 e. The van der Waals surface area contributed by atoms with Gasteiger partial charge in [0.05, 0.1) is 5.75 Å². The summed E-state index contributed by atoms with van der Waals surface area (Å²) in [7, 11) is 1.82. The third-order valence-corrected chi connectivity index (χ3v) is 4.83. The van der Waals surface area contributed by atoms with Gasteiger partial charge in [0.25, 0.3) is 0 Å². The van der Waals surface area contributed by atoms with Gasteiger partial charge in [0.2, 0.25) is 9.05 Å². The Bertz CT molecular complexity index is 457. The lowest BCUT2D eigenvalue weighted by molar-refractivity contribution is 0.00667. The van der Waals surface area contributed by atoms with Gasteiger partial charge < -0.3 is 9.64 Å². The van der Waals surface area contributed by atoms with Crippen molar-refractivity contribution < 1.29 is 17.9 Å². The minimum Gasteiger partial charge on any atom is -0.444 e. The monoisotopic (exact) mass is 325 g/mol. The third kappa shape index (κ3) is 5.48. The fraction of sp³-hybridized carbons (Fsp3) is 0.923. The number of rotatable bonds is 3. The number of nitrogens with zero attached hydrogens (tertiary/aromatic N) is 1. The Hall–Kier alpha value is -0.490. The summed E-state index contributed by atoms with van der Waals surface area (Å²) in [5.74, 6) is -0.0998. The summed E-state index contributed by atoms with van der Waals surface area (Å²) in [4.78, 5) is 13.7. The molecule has 1 saturated heterocycles. The first-order valence-electron chi connectivity index (χ1n) is 6.87. The average molecular weight is 326 g/mol. The van der Waals surface area contributed by atoms with Crippen molar-refractivity contribution in [1.29, 1.82) is 0 Å². The topological polar surface area (TPSA) is 63.7 Å². The normalized spacial score (nSPS) is 24.6. The molecule has 1 aliphatic rings. The van der Waals surface area contributed by atoms with E-state index in [1.54, 1.807) is 4.90 Å². The van der Waals surface area contributed by atoms with E-state index >= 15 is 0 Å². The summed E-state index contributed by atoms with van der Waals surface area (Å²) in [6, 6.07) is 0. The van der Waals surface area contributed by atoms with E-state index in [9.17, 15) is 13.2 Å². The predicted molar refractivity (Wildman–Crippen MR) is 79.4 cm³/mol. The van der Waals surface area contributed by atoms with Crippen LogP contribution in [0, 0.1) is 5.41 Å². The average Bonchev–Trinajstić information content (AvgIpc) is 2.24. The molecule has 1 atom stereocenters. The molecule has 0 saturated carbocycles. The van der Waals surface area contributed by atoms with Crippen molar-refractivity contribution in [2.75, 3.05) is 18.8 Å². The van der Waals surface area contributed by atoms with Crippen molar-refractivity contribution in [2.45, 2.75) is 52.6 Å². The Morgan fingerprint density at radius 2 is 2.00 bits per heavy atom. The molecule has 0 aromatic heterocycles. The molecule has 0 bridgehead atoms. The quantitative estimate of drug-likeness (QED) is 0.748. The van der Waals surface area contributed by atoms with E-state index in [1.165, 1.54) is 0 Å². The minimum atomic E-state index is -3.59. The van der Waals surface area contributed by atoms with Gasteiger partial charge in [0, 0.05) is 29.2 Å². The van der Waals surface area contributed by atoms with E-state index in [-0.39, 0.29) is 11.8 Å². The van der Waals surface area contributed by atoms with Gasteiger partial charge in [0.15, 0.2) is 0 Å². The van der Waals surface area contributed by atoms with Gasteiger partial charge in [-0.15, -0.1) is 0 Å². The first-order chi connectivity index (χ1) is 8.96. The van der Waals surface area contributed by atoms with E-state index in [0.717, 1.165) is 12.8 Å². The van der Waals surface area contributed by atoms with Gasteiger partial charge in [-0.2, -0.15) is 0 Å². The second-order valence-electron chi connectivity index (χ2n) is 6.54. The summed E-state index contributed by atoms with van der Waals surface area (Å²) in [5.41, 5.74) is -1.02. The maximum atomic E-state index is 12.1. The van der Waals surface area contributed by atoms with E-state index in [1.807, 2.05) is 27.7 Å². The Balaban J connectivity index is 2.81. The lowest BCUT2D eigenvalue weighted by atomic mass is 9.79. The van der Waals surface area contributed by atoms with Gasteiger partial charge in [-0.3, -0.25) is 0 Å². The van der Waals surface area contributed by atoms with Crippen LogP contribution >= 0.6 is 10.7 Å². The lowest BCUT2D eigenvalue weighted by Gasteiger charge is -2.42. The Morgan fingerprint density at radius 3 is 2.45 bits per heavy atom. The van der Waals surface area contributed by atoms with Crippen molar-refractivity contribution in [2.24, 2.45) is 5.41 Å². The summed E-state index contributed by atoms with van der Waals surface area (Å²) < 4.78 is 28.1. The molecule has 0 radical (unpaired) electrons. The van der Waals surface area contributed by atoms with E-state index in [2.05, 4.69) is 0 Å². The lowest BCUT2D eigenvalue weighted by Crippen LogP contribution is -2.49. The molecule has 0 aromatic carbocycles. The van der Waals surface area contributed by atoms with Gasteiger partial charge in [-0.05, 0) is 40.0 Å². The number of likely N-dealkylation sites (tertiary alicyclic amines) is 1. The summed E-state index contributed by atoms with van der Waals surface area (Å²) in [6.45, 7) is 8.34. The fourth-order valence-corrected chi connectivity index (χ4v) is 4.43. The zero-order valence-corrected chi connectivity index (χ0v) is 14.2. The van der Waals surface area contributed by atoms with Crippen molar-refractivity contribution in [3.63, 3.8) is 0 Å². The van der Waals surface area contributed by atoms with Crippen molar-refractivity contribution in [3.05, 3.63) is 0 Å². The van der Waals surface area contributed by atoms with Crippen molar-refractivity contribution >= 4 is 25.8 Å². The number of piperidine rings is 1. The van der Waals surface area contributed by atoms with Crippen LogP contribution in [0.15, 0.2) is 0 Å². The molecule has 1 heterocycles. The van der Waals surface area contributed by atoms with Crippen LogP contribution in [-0.2, 0) is 13.8 Å². The number of carbonyl (C=O) groups is 1. The van der Waals surface area contributed by atoms with E-state index in [0.29, 0.717) is 19.5 Å². The number of hydrogen-bond donors (Lipinski definition) is 0. The third-order valence-electron chi connectivity index (χ3n) is 3.54. The number of hydrogen-bond acceptors (Lipinski definition) is 4. The highest BCUT2D eigenvalue weighted by Crippen LogP contribution is 2.36. The van der Waals surface area contributed by atoms with Crippen LogP contribution in [0.1, 0.15) is 47.0 Å². The minimum absolute atomic E-state index is 0.0998. The molecule has 1 amide bonds. The van der Waals surface area contributed by atoms with Crippen molar-refractivity contribution in [1.82, 2.24) is 4.90 Å². The standard InChI is InChI=1S/C13H24ClNO4S/c1-5-13(10-20(14,17)18)7-6-8-15(9-13)11(16)19-12(2,3)4/h5-10H2,1-4H3. The van der Waals surface area contributed by atoms with Gasteiger partial charge in [0.1, 0.15) is 5.60 Å². The molecule has 1 unspecified atom stereocenters. The Morgan fingerprint density at radius 1 is 1.40 bits per heavy atom. The summed E-state index contributed by atoms with van der Waals surface area (Å²) >= 11 is 0. The predicted octanol–water partition coefficient (Wildman–Crippen LogP) is 2.98. The molecule has 7 heteroatoms. The molecular formula is C13H24ClNO4S. The van der Waals surface area contributed by atoms with E-state index < -0.39 is 20.1 Å². The Kier molecular flexibility index (Phi) is 5.35. The molecule has 1 rings (SSSR count). The zero-order chi connectivity index (χ0) is 15.6. The first-order valence-corrected chi connectivity index (χ1v) is 9.34. The Labute approximate surface area is 126 Å². The van der Waals surface area contributed by atoms with Gasteiger partial charge in [-0.25, -0.2) is 13.2 Å². The second-order valence-corrected chi connectivity index (χ2v) is 9.32. The van der Waals surface area contributed by atoms with Crippen LogP contribution in [0.2, 0.25) is 0 Å². The molecule has 0 N–H and O–H groups in total. The highest BCUT2D eigenvalue weighted by atomic mass is 35.7. The second kappa shape index (κ2) is 6.10. The molecule has 1 aliphatic heterocycles. The molecule has 20 heavy (non-hydrogen) atoms. The van der Waals surface area contributed by atoms with Crippen LogP contribution in [0.5, 0.6) is 0 Å². The number of ether oxygens (including phenoxy) is 1. The molecule has 0 aromatic rings. The summed E-state index contributed by atoms with van der Waals surface area (Å²) in [5, 5.41) is 0. The molecule has 118 valence electrons. The summed E-state index contributed by atoms with van der Waals surface area (Å²) in [6.07, 6.45) is 1.80. The highest BCUT2D eigenvalue weighted by molar-refractivity contribution is 8.13. The maximum Gasteiger partial charge on any atom is 0.410 e. The van der Waals surface area contributed by atoms with Crippen LogP contribution in [-0.4, -0.2) is 43.9 Å². The molecule has 0 spiro atoms. The molecule has 1 fully saturated rings. The highest BCUT2D eigenvalue weighted by Gasteiger charge is 2.40. The van der Waals surface area contributed by atoms with Crippen LogP contribution in [0.3, 0.4) is 0 Å². The molecular weight excluding hydrogens is 302 g/mol. The molecule has 5 nitrogen and oxygen atoms in total. The van der Waals surface area contributed by atoms with Crippen LogP contribution in [0.25, 0.3) is 0 Å². The number of halogens is 1. The van der Waals surface area contributed by atoms with Crippen LogP contribution in [0.4, 0.5) is 4.79 Å². The molecule has 0 aliphatic carbocycles. The zero-order valence-electron chi connectivity index (χ0n) is 12.6. The number of amides is 1. The van der Waals surface area contributed by atoms with Crippen LogP contribution < -0.4 is 0 Å². The van der Waals surface area contributed by atoms with Gasteiger partial charge >= 0.3 is 6.09 Å². The van der Waals surface area contributed by atoms with Crippen molar-refractivity contribution in [3.8, 4) is 0 Å². The SMILES string of the molecule is CCC1(CS(=O)(=O)Cl)CCCN(C(=O)OC(C)(C)C)C1. The first kappa shape index (κ1) is 17.6. The van der Waals surface area contributed by atoms with Gasteiger partial charge in [-0.1, -0.05) is 6.92 Å². The fourth-order valence-electron chi connectivity index (χ4n) is 2.56. The maximum absolute atomic E-state index is 12.1.